The van der Waals surface area contributed by atoms with Crippen LogP contribution in [0.4, 0.5) is 0 Å². The van der Waals surface area contributed by atoms with E-state index in [1.807, 2.05) is 41.9 Å². The van der Waals surface area contributed by atoms with Crippen LogP contribution in [0, 0.1) is 13.8 Å². The zero-order valence-electron chi connectivity index (χ0n) is 11.3. The smallest absolute Gasteiger partial charge is 0.372 e. The number of furan rings is 1. The second-order valence-corrected chi connectivity index (χ2v) is 4.77. The summed E-state index contributed by atoms with van der Waals surface area (Å²) in [5, 5.41) is 14.2. The summed E-state index contributed by atoms with van der Waals surface area (Å²) in [6.45, 7) is 4.31. The van der Waals surface area contributed by atoms with Gasteiger partial charge in [0.25, 0.3) is 0 Å². The first-order valence-electron chi connectivity index (χ1n) is 6.31. The van der Waals surface area contributed by atoms with Crippen LogP contribution in [-0.2, 0) is 6.54 Å². The molecule has 0 fully saturated rings. The number of aromatic nitrogens is 2. The van der Waals surface area contributed by atoms with E-state index < -0.39 is 5.97 Å². The van der Waals surface area contributed by atoms with E-state index in [1.165, 1.54) is 0 Å². The van der Waals surface area contributed by atoms with Gasteiger partial charge in [0.05, 0.1) is 11.9 Å². The predicted molar refractivity (Wildman–Crippen MR) is 74.0 cm³/mol. The summed E-state index contributed by atoms with van der Waals surface area (Å²) in [7, 11) is 0. The number of carboxylic acid groups (broad SMARTS) is 1. The van der Waals surface area contributed by atoms with Crippen LogP contribution in [0.5, 0.6) is 0 Å². The first-order chi connectivity index (χ1) is 9.58. The first kappa shape index (κ1) is 12.5. The molecule has 5 nitrogen and oxygen atoms in total. The molecular weight excluding hydrogens is 256 g/mol. The van der Waals surface area contributed by atoms with Gasteiger partial charge in [0.2, 0.25) is 11.5 Å². The van der Waals surface area contributed by atoms with Gasteiger partial charge in [0.1, 0.15) is 0 Å². The highest BCUT2D eigenvalue weighted by Crippen LogP contribution is 2.28. The van der Waals surface area contributed by atoms with E-state index in [-0.39, 0.29) is 5.76 Å². The molecule has 0 atom stereocenters. The number of carboxylic acids is 1. The van der Waals surface area contributed by atoms with Crippen LogP contribution in [0.25, 0.3) is 11.1 Å². The van der Waals surface area contributed by atoms with Gasteiger partial charge in [-0.05, 0) is 19.4 Å². The van der Waals surface area contributed by atoms with E-state index in [0.29, 0.717) is 17.8 Å². The molecule has 5 heteroatoms. The number of hydrogen-bond donors (Lipinski definition) is 1. The minimum Gasteiger partial charge on any atom is -0.475 e. The van der Waals surface area contributed by atoms with Crippen LogP contribution in [-0.4, -0.2) is 20.9 Å². The summed E-state index contributed by atoms with van der Waals surface area (Å²) in [6.07, 6.45) is 0. The maximum Gasteiger partial charge on any atom is 0.372 e. The maximum absolute atomic E-state index is 11.0. The molecule has 2 heterocycles. The molecule has 102 valence electrons. The molecule has 1 N–H and O–H groups in total. The number of rotatable bonds is 3. The van der Waals surface area contributed by atoms with E-state index in [1.54, 1.807) is 6.92 Å². The minimum atomic E-state index is -1.06. The third-order valence-electron chi connectivity index (χ3n) is 3.46. The van der Waals surface area contributed by atoms with Gasteiger partial charge in [-0.25, -0.2) is 4.79 Å². The Morgan fingerprint density at radius 1 is 1.30 bits per heavy atom. The van der Waals surface area contributed by atoms with E-state index in [2.05, 4.69) is 5.10 Å². The van der Waals surface area contributed by atoms with Crippen LogP contribution >= 0.6 is 0 Å². The van der Waals surface area contributed by atoms with E-state index in [0.717, 1.165) is 16.6 Å². The molecule has 0 bridgehead atoms. The number of carbonyl (C=O) groups is 1. The summed E-state index contributed by atoms with van der Waals surface area (Å²) >= 11 is 0. The molecule has 3 aromatic rings. The fourth-order valence-corrected chi connectivity index (χ4v) is 2.42. The average Bonchev–Trinajstić information content (AvgIpc) is 2.90. The summed E-state index contributed by atoms with van der Waals surface area (Å²) in [4.78, 5) is 11.0. The molecule has 0 saturated heterocycles. The maximum atomic E-state index is 11.0. The second-order valence-electron chi connectivity index (χ2n) is 4.77. The van der Waals surface area contributed by atoms with Crippen molar-refractivity contribution in [2.75, 3.05) is 0 Å². The van der Waals surface area contributed by atoms with E-state index >= 15 is 0 Å². The number of benzene rings is 1. The molecule has 1 aromatic carbocycles. The monoisotopic (exact) mass is 270 g/mol. The van der Waals surface area contributed by atoms with Gasteiger partial charge in [0.15, 0.2) is 0 Å². The number of hydrogen-bond acceptors (Lipinski definition) is 3. The molecule has 0 unspecified atom stereocenters. The highest BCUT2D eigenvalue weighted by molar-refractivity contribution is 5.94. The van der Waals surface area contributed by atoms with Crippen LogP contribution in [0.1, 0.15) is 27.4 Å². The van der Waals surface area contributed by atoms with Crippen molar-refractivity contribution in [2.45, 2.75) is 20.4 Å². The van der Waals surface area contributed by atoms with Crippen molar-refractivity contribution in [1.29, 1.82) is 0 Å². The summed E-state index contributed by atoms with van der Waals surface area (Å²) in [5.41, 5.74) is 3.06. The number of aryl methyl sites for hydroxylation is 2. The Labute approximate surface area is 115 Å². The SMILES string of the molecule is Cc1c(C(=O)O)oc2nn(Cc3ccccc3)c(C)c12. The lowest BCUT2D eigenvalue weighted by molar-refractivity contribution is 0.0663. The Balaban J connectivity index is 2.06. The summed E-state index contributed by atoms with van der Waals surface area (Å²) in [5.74, 6) is -1.09. The Morgan fingerprint density at radius 2 is 2.00 bits per heavy atom. The van der Waals surface area contributed by atoms with E-state index in [4.69, 9.17) is 9.52 Å². The highest BCUT2D eigenvalue weighted by Gasteiger charge is 2.21. The lowest BCUT2D eigenvalue weighted by Gasteiger charge is -2.04. The van der Waals surface area contributed by atoms with Crippen molar-refractivity contribution in [1.82, 2.24) is 9.78 Å². The average molecular weight is 270 g/mol. The quantitative estimate of drug-likeness (QED) is 0.794. The lowest BCUT2D eigenvalue weighted by Crippen LogP contribution is -2.04. The molecule has 0 aliphatic rings. The van der Waals surface area contributed by atoms with Gasteiger partial charge in [-0.15, -0.1) is 5.10 Å². The van der Waals surface area contributed by atoms with Gasteiger partial charge >= 0.3 is 5.97 Å². The molecule has 0 saturated carbocycles. The Bertz CT molecular complexity index is 784. The van der Waals surface area contributed by atoms with Gasteiger partial charge in [0, 0.05) is 11.3 Å². The van der Waals surface area contributed by atoms with Crippen molar-refractivity contribution in [3.63, 3.8) is 0 Å². The Kier molecular flexibility index (Phi) is 2.82. The largest absolute Gasteiger partial charge is 0.475 e. The zero-order valence-corrected chi connectivity index (χ0v) is 11.3. The molecule has 0 aliphatic carbocycles. The number of aromatic carboxylic acids is 1. The van der Waals surface area contributed by atoms with Crippen molar-refractivity contribution >= 4 is 17.1 Å². The highest BCUT2D eigenvalue weighted by atomic mass is 16.4. The second kappa shape index (κ2) is 4.52. The molecule has 0 amide bonds. The van der Waals surface area contributed by atoms with Crippen molar-refractivity contribution < 1.29 is 14.3 Å². The summed E-state index contributed by atoms with van der Waals surface area (Å²) in [6, 6.07) is 9.98. The van der Waals surface area contributed by atoms with Crippen molar-refractivity contribution in [3.05, 3.63) is 52.9 Å². The topological polar surface area (TPSA) is 68.3 Å². The number of nitrogens with zero attached hydrogens (tertiary/aromatic N) is 2. The Morgan fingerprint density at radius 3 is 2.60 bits per heavy atom. The van der Waals surface area contributed by atoms with Crippen LogP contribution < -0.4 is 0 Å². The van der Waals surface area contributed by atoms with Crippen LogP contribution in [0.15, 0.2) is 34.7 Å². The number of fused-ring (bicyclic) bond motifs is 1. The van der Waals surface area contributed by atoms with Crippen molar-refractivity contribution in [3.8, 4) is 0 Å². The molecule has 0 spiro atoms. The molecule has 3 rings (SSSR count). The Hall–Kier alpha value is -2.56. The summed E-state index contributed by atoms with van der Waals surface area (Å²) < 4.78 is 7.16. The third-order valence-corrected chi connectivity index (χ3v) is 3.46. The fourth-order valence-electron chi connectivity index (χ4n) is 2.42. The van der Waals surface area contributed by atoms with Gasteiger partial charge < -0.3 is 9.52 Å². The minimum absolute atomic E-state index is 0.0301. The zero-order chi connectivity index (χ0) is 14.3. The lowest BCUT2D eigenvalue weighted by atomic mass is 10.2. The molecule has 0 radical (unpaired) electrons. The van der Waals surface area contributed by atoms with Gasteiger partial charge in [-0.1, -0.05) is 30.3 Å². The van der Waals surface area contributed by atoms with Crippen molar-refractivity contribution in [2.24, 2.45) is 0 Å². The molecule has 0 aliphatic heterocycles. The normalized spacial score (nSPS) is 11.1. The molecular formula is C15H14N2O3. The fraction of sp³-hybridized carbons (Fsp3) is 0.200. The molecule has 2 aromatic heterocycles. The third kappa shape index (κ3) is 1.87. The van der Waals surface area contributed by atoms with Gasteiger partial charge in [-0.2, -0.15) is 0 Å². The standard InChI is InChI=1S/C15H14N2O3/c1-9-12-10(2)17(8-11-6-4-3-5-7-11)16-14(12)20-13(9)15(18)19/h3-7H,8H2,1-2H3,(H,18,19). The van der Waals surface area contributed by atoms with Crippen LogP contribution in [0.3, 0.4) is 0 Å². The molecule has 20 heavy (non-hydrogen) atoms. The van der Waals surface area contributed by atoms with E-state index in [9.17, 15) is 4.79 Å². The van der Waals surface area contributed by atoms with Crippen LogP contribution in [0.2, 0.25) is 0 Å². The van der Waals surface area contributed by atoms with Gasteiger partial charge in [-0.3, -0.25) is 4.68 Å². The predicted octanol–water partition coefficient (Wildman–Crippen LogP) is 2.99. The first-order valence-corrected chi connectivity index (χ1v) is 6.31.